The molecule has 2 aromatic rings. The molecule has 2 amide bonds. The van der Waals surface area contributed by atoms with Gasteiger partial charge in [0.05, 0.1) is 7.11 Å². The number of amides is 2. The van der Waals surface area contributed by atoms with Gasteiger partial charge in [0, 0.05) is 28.7 Å². The molecule has 1 atom stereocenters. The van der Waals surface area contributed by atoms with Crippen LogP contribution in [0.2, 0.25) is 10.0 Å². The van der Waals surface area contributed by atoms with E-state index in [1.807, 2.05) is 0 Å². The van der Waals surface area contributed by atoms with Gasteiger partial charge in [-0.3, -0.25) is 9.59 Å². The van der Waals surface area contributed by atoms with Crippen molar-refractivity contribution >= 4 is 35.0 Å². The maximum Gasteiger partial charge on any atom is 0.387 e. The highest BCUT2D eigenvalue weighted by Crippen LogP contribution is 2.29. The van der Waals surface area contributed by atoms with Gasteiger partial charge in [-0.15, -0.1) is 0 Å². The van der Waals surface area contributed by atoms with Crippen molar-refractivity contribution in [3.05, 3.63) is 57.6 Å². The number of ether oxygens (including phenoxy) is 2. The lowest BCUT2D eigenvalue weighted by Crippen LogP contribution is -2.45. The first-order valence-electron chi connectivity index (χ1n) is 9.45. The van der Waals surface area contributed by atoms with Crippen LogP contribution >= 0.6 is 23.2 Å². The first-order valence-corrected chi connectivity index (χ1v) is 10.2. The molecular weight excluding hydrogens is 453 g/mol. The molecule has 0 saturated carbocycles. The summed E-state index contributed by atoms with van der Waals surface area (Å²) in [5.74, 6) is -0.606. The molecule has 31 heavy (non-hydrogen) atoms. The molecule has 1 aliphatic heterocycles. The van der Waals surface area contributed by atoms with Crippen molar-refractivity contribution in [2.75, 3.05) is 13.7 Å². The number of likely N-dealkylation sites (tertiary alicyclic amines) is 1. The van der Waals surface area contributed by atoms with Crippen LogP contribution in [0.15, 0.2) is 36.4 Å². The summed E-state index contributed by atoms with van der Waals surface area (Å²) in [6.07, 6.45) is 1.21. The summed E-state index contributed by atoms with van der Waals surface area (Å²) in [6, 6.07) is 8.32. The third-order valence-corrected chi connectivity index (χ3v) is 5.27. The number of halogens is 4. The van der Waals surface area contributed by atoms with Crippen LogP contribution in [0.25, 0.3) is 0 Å². The molecule has 6 nitrogen and oxygen atoms in total. The zero-order chi connectivity index (χ0) is 22.5. The number of nitrogens with one attached hydrogen (secondary N) is 1. The third-order valence-electron chi connectivity index (χ3n) is 4.84. The number of hydrogen-bond acceptors (Lipinski definition) is 4. The third kappa shape index (κ3) is 5.77. The van der Waals surface area contributed by atoms with Gasteiger partial charge in [-0.2, -0.15) is 8.78 Å². The zero-order valence-electron chi connectivity index (χ0n) is 16.5. The average Bonchev–Trinajstić information content (AvgIpc) is 3.21. The van der Waals surface area contributed by atoms with Gasteiger partial charge >= 0.3 is 6.61 Å². The molecule has 1 aliphatic rings. The SMILES string of the molecule is COc1cc(CNC(=O)C2CCCN2C(=O)c2cc(Cl)cc(Cl)c2)ccc1OC(F)F. The topological polar surface area (TPSA) is 67.9 Å². The van der Waals surface area contributed by atoms with Crippen molar-refractivity contribution in [2.24, 2.45) is 0 Å². The average molecular weight is 473 g/mol. The summed E-state index contributed by atoms with van der Waals surface area (Å²) in [5.41, 5.74) is 0.945. The molecular formula is C21H20Cl2F2N2O4. The van der Waals surface area contributed by atoms with Crippen molar-refractivity contribution in [1.29, 1.82) is 0 Å². The number of nitrogens with zero attached hydrogens (tertiary/aromatic N) is 1. The number of hydrogen-bond donors (Lipinski definition) is 1. The van der Waals surface area contributed by atoms with Gasteiger partial charge in [-0.25, -0.2) is 0 Å². The highest BCUT2D eigenvalue weighted by Gasteiger charge is 2.34. The number of carbonyl (C=O) groups excluding carboxylic acids is 2. The number of carbonyl (C=O) groups is 2. The molecule has 1 heterocycles. The Balaban J connectivity index is 1.66. The number of methoxy groups -OCH3 is 1. The first kappa shape index (κ1) is 23.1. The summed E-state index contributed by atoms with van der Waals surface area (Å²) in [4.78, 5) is 27.1. The van der Waals surface area contributed by atoms with Gasteiger partial charge in [-0.1, -0.05) is 29.3 Å². The standard InChI is InChI=1S/C21H20Cl2F2N2O4/c1-30-18-7-12(4-5-17(18)31-21(24)25)11-26-19(28)16-3-2-6-27(16)20(29)13-8-14(22)10-15(23)9-13/h4-5,7-10,16,21H,2-3,6,11H2,1H3,(H,26,28). The summed E-state index contributed by atoms with van der Waals surface area (Å²) in [7, 11) is 1.33. The number of rotatable bonds is 7. The van der Waals surface area contributed by atoms with Crippen molar-refractivity contribution in [3.63, 3.8) is 0 Å². The van der Waals surface area contributed by atoms with E-state index in [1.165, 1.54) is 42.3 Å². The molecule has 1 unspecified atom stereocenters. The van der Waals surface area contributed by atoms with Crippen LogP contribution in [0.4, 0.5) is 8.78 Å². The van der Waals surface area contributed by atoms with E-state index in [9.17, 15) is 18.4 Å². The lowest BCUT2D eigenvalue weighted by molar-refractivity contribution is -0.125. The lowest BCUT2D eigenvalue weighted by Gasteiger charge is -2.24. The van der Waals surface area contributed by atoms with E-state index in [0.29, 0.717) is 40.6 Å². The molecule has 0 aromatic heterocycles. The van der Waals surface area contributed by atoms with E-state index in [4.69, 9.17) is 27.9 Å². The Labute approximate surface area is 188 Å². The van der Waals surface area contributed by atoms with Crippen LogP contribution < -0.4 is 14.8 Å². The fourth-order valence-electron chi connectivity index (χ4n) is 3.45. The van der Waals surface area contributed by atoms with E-state index in [0.717, 1.165) is 0 Å². The molecule has 10 heteroatoms. The largest absolute Gasteiger partial charge is 0.493 e. The van der Waals surface area contributed by atoms with E-state index in [1.54, 1.807) is 6.07 Å². The Morgan fingerprint density at radius 1 is 1.16 bits per heavy atom. The van der Waals surface area contributed by atoms with Crippen LogP contribution in [0.1, 0.15) is 28.8 Å². The highest BCUT2D eigenvalue weighted by molar-refractivity contribution is 6.35. The summed E-state index contributed by atoms with van der Waals surface area (Å²) < 4.78 is 34.4. The van der Waals surface area contributed by atoms with Crippen LogP contribution in [0, 0.1) is 0 Å². The second kappa shape index (κ2) is 10.2. The normalized spacial score (nSPS) is 15.8. The Hall–Kier alpha value is -2.58. The van der Waals surface area contributed by atoms with Crippen molar-refractivity contribution in [2.45, 2.75) is 32.0 Å². The van der Waals surface area contributed by atoms with Gasteiger partial charge in [0.15, 0.2) is 11.5 Å². The molecule has 1 saturated heterocycles. The van der Waals surface area contributed by atoms with Gasteiger partial charge in [0.25, 0.3) is 5.91 Å². The second-order valence-electron chi connectivity index (χ2n) is 6.90. The number of benzene rings is 2. The van der Waals surface area contributed by atoms with Gasteiger partial charge in [0.2, 0.25) is 5.91 Å². The predicted octanol–water partition coefficient (Wildman–Crippen LogP) is 4.52. The maximum absolute atomic E-state index is 12.9. The fourth-order valence-corrected chi connectivity index (χ4v) is 3.97. The van der Waals surface area contributed by atoms with Crippen LogP contribution in [-0.2, 0) is 11.3 Å². The molecule has 0 spiro atoms. The minimum absolute atomic E-state index is 0.0969. The smallest absolute Gasteiger partial charge is 0.387 e. The quantitative estimate of drug-likeness (QED) is 0.642. The molecule has 1 N–H and O–H groups in total. The van der Waals surface area contributed by atoms with Gasteiger partial charge in [0.1, 0.15) is 6.04 Å². The fraction of sp³-hybridized carbons (Fsp3) is 0.333. The van der Waals surface area contributed by atoms with E-state index in [2.05, 4.69) is 10.1 Å². The molecule has 0 aliphatic carbocycles. The number of alkyl halides is 2. The second-order valence-corrected chi connectivity index (χ2v) is 7.77. The van der Waals surface area contributed by atoms with Crippen molar-refractivity contribution in [1.82, 2.24) is 10.2 Å². The van der Waals surface area contributed by atoms with E-state index in [-0.39, 0.29) is 29.9 Å². The van der Waals surface area contributed by atoms with E-state index < -0.39 is 12.7 Å². The molecule has 0 bridgehead atoms. The molecule has 2 aromatic carbocycles. The minimum atomic E-state index is -2.97. The summed E-state index contributed by atoms with van der Waals surface area (Å²) >= 11 is 12.0. The Morgan fingerprint density at radius 2 is 1.87 bits per heavy atom. The molecule has 0 radical (unpaired) electrons. The highest BCUT2D eigenvalue weighted by atomic mass is 35.5. The molecule has 1 fully saturated rings. The lowest BCUT2D eigenvalue weighted by atomic mass is 10.1. The van der Waals surface area contributed by atoms with Crippen LogP contribution in [-0.4, -0.2) is 43.0 Å². The summed E-state index contributed by atoms with van der Waals surface area (Å²) in [5, 5.41) is 3.46. The maximum atomic E-state index is 12.9. The minimum Gasteiger partial charge on any atom is -0.493 e. The van der Waals surface area contributed by atoms with Gasteiger partial charge in [-0.05, 0) is 48.7 Å². The van der Waals surface area contributed by atoms with Crippen molar-refractivity contribution in [3.8, 4) is 11.5 Å². The van der Waals surface area contributed by atoms with E-state index >= 15 is 0 Å². The Bertz CT molecular complexity index is 954. The van der Waals surface area contributed by atoms with Crippen LogP contribution in [0.3, 0.4) is 0 Å². The van der Waals surface area contributed by atoms with Gasteiger partial charge < -0.3 is 19.7 Å². The predicted molar refractivity (Wildman–Crippen MR) is 112 cm³/mol. The molecule has 3 rings (SSSR count). The first-order chi connectivity index (χ1) is 14.8. The van der Waals surface area contributed by atoms with Crippen LogP contribution in [0.5, 0.6) is 11.5 Å². The zero-order valence-corrected chi connectivity index (χ0v) is 18.1. The molecule has 166 valence electrons. The van der Waals surface area contributed by atoms with Crippen molar-refractivity contribution < 1.29 is 27.8 Å². The Morgan fingerprint density at radius 3 is 2.52 bits per heavy atom. The Kier molecular flexibility index (Phi) is 7.56. The summed E-state index contributed by atoms with van der Waals surface area (Å²) in [6.45, 7) is -2.40. The monoisotopic (exact) mass is 472 g/mol.